The molecule has 3 amide bonds. The molecule has 0 aromatic heterocycles. The highest BCUT2D eigenvalue weighted by molar-refractivity contribution is 5.93. The van der Waals surface area contributed by atoms with Gasteiger partial charge in [-0.3, -0.25) is 25.2 Å². The average molecular weight is 444 g/mol. The van der Waals surface area contributed by atoms with E-state index in [0.29, 0.717) is 12.8 Å². The summed E-state index contributed by atoms with van der Waals surface area (Å²) in [5, 5.41) is 33.3. The summed E-state index contributed by atoms with van der Waals surface area (Å²) in [4.78, 5) is 47.2. The first kappa shape index (κ1) is 27.4. The van der Waals surface area contributed by atoms with Crippen molar-refractivity contribution in [3.05, 3.63) is 0 Å². The fourth-order valence-corrected chi connectivity index (χ4v) is 2.45. The lowest BCUT2D eigenvalue weighted by Crippen LogP contribution is -2.55. The molecule has 0 spiro atoms. The Hall–Kier alpha value is -3.62. The largest absolute Gasteiger partial charge is 0.480 e. The lowest BCUT2D eigenvalue weighted by Gasteiger charge is -2.23. The average Bonchev–Trinajstić information content (AvgIpc) is 2.64. The molecule has 0 saturated heterocycles. The molecule has 0 bridgehead atoms. The van der Waals surface area contributed by atoms with Crippen molar-refractivity contribution in [2.45, 2.75) is 50.2 Å². The molecular weight excluding hydrogens is 412 g/mol. The van der Waals surface area contributed by atoms with Crippen LogP contribution >= 0.6 is 0 Å². The molecule has 0 unspecified atom stereocenters. The van der Waals surface area contributed by atoms with Gasteiger partial charge < -0.3 is 49.3 Å². The Morgan fingerprint density at radius 2 is 1.26 bits per heavy atom. The van der Waals surface area contributed by atoms with Gasteiger partial charge in [0.1, 0.15) is 12.1 Å². The van der Waals surface area contributed by atoms with E-state index in [0.717, 1.165) is 0 Å². The number of aliphatic carboxylic acids is 1. The van der Waals surface area contributed by atoms with Gasteiger partial charge in [-0.25, -0.2) is 4.79 Å². The van der Waals surface area contributed by atoms with Crippen LogP contribution in [0.4, 0.5) is 0 Å². The Morgan fingerprint density at radius 3 is 1.68 bits per heavy atom. The van der Waals surface area contributed by atoms with E-state index in [4.69, 9.17) is 33.8 Å². The third kappa shape index (κ3) is 13.3. The van der Waals surface area contributed by atoms with Crippen LogP contribution in [0.25, 0.3) is 0 Å². The molecule has 0 aromatic carbocycles. The summed E-state index contributed by atoms with van der Waals surface area (Å²) >= 11 is 0. The van der Waals surface area contributed by atoms with Crippen molar-refractivity contribution in [1.29, 1.82) is 10.8 Å². The van der Waals surface area contributed by atoms with Crippen molar-refractivity contribution in [2.24, 2.45) is 22.9 Å². The molecule has 0 aliphatic rings. The summed E-state index contributed by atoms with van der Waals surface area (Å²) in [7, 11) is 0. The van der Waals surface area contributed by atoms with E-state index in [-0.39, 0.29) is 37.9 Å². The summed E-state index contributed by atoms with van der Waals surface area (Å²) in [6.07, 6.45) is 0.324. The first-order valence-corrected chi connectivity index (χ1v) is 9.47. The minimum absolute atomic E-state index is 0.0507. The number of amides is 3. The standard InChI is InChI=1S/C16H32N10O5/c17-8(7-11(18)27)12(28)25-9(3-1-5-23-15(19)20)13(29)26-10(14(30)31)4-2-6-24-16(21)22/h8-10H,1-7,17H2,(H2,18,27)(H,25,28)(H,26,29)(H,30,31)(H4,19,20,23)(H4,21,22,24)/t8-,9-,10-/m0/s1. The van der Waals surface area contributed by atoms with Crippen LogP contribution < -0.4 is 44.2 Å². The summed E-state index contributed by atoms with van der Waals surface area (Å²) in [6, 6.07) is -3.65. The molecular formula is C16H32N10O5. The predicted octanol–water partition coefficient (Wildman–Crippen LogP) is -4.23. The lowest BCUT2D eigenvalue weighted by molar-refractivity contribution is -0.142. The number of nitrogens with two attached hydrogens (primary N) is 4. The van der Waals surface area contributed by atoms with E-state index in [2.05, 4.69) is 21.3 Å². The number of guanidine groups is 2. The molecule has 0 rings (SSSR count). The van der Waals surface area contributed by atoms with Crippen LogP contribution in [0.2, 0.25) is 0 Å². The Labute approximate surface area is 179 Å². The smallest absolute Gasteiger partial charge is 0.326 e. The maximum atomic E-state index is 12.6. The Bertz CT molecular complexity index is 671. The highest BCUT2D eigenvalue weighted by atomic mass is 16.4. The number of carbonyl (C=O) groups excluding carboxylic acids is 3. The van der Waals surface area contributed by atoms with Gasteiger partial charge in [-0.15, -0.1) is 0 Å². The molecule has 31 heavy (non-hydrogen) atoms. The second-order valence-electron chi connectivity index (χ2n) is 6.70. The number of rotatable bonds is 15. The highest BCUT2D eigenvalue weighted by Crippen LogP contribution is 2.03. The summed E-state index contributed by atoms with van der Waals surface area (Å²) in [6.45, 7) is 0.481. The van der Waals surface area contributed by atoms with Gasteiger partial charge in [0.15, 0.2) is 11.9 Å². The van der Waals surface area contributed by atoms with Crippen molar-refractivity contribution >= 4 is 35.6 Å². The summed E-state index contributed by atoms with van der Waals surface area (Å²) in [5.74, 6) is -4.14. The van der Waals surface area contributed by atoms with E-state index in [9.17, 15) is 24.3 Å². The quantitative estimate of drug-likeness (QED) is 0.0656. The minimum Gasteiger partial charge on any atom is -0.480 e. The van der Waals surface area contributed by atoms with Crippen molar-refractivity contribution in [3.63, 3.8) is 0 Å². The topological polar surface area (TPSA) is 288 Å². The monoisotopic (exact) mass is 444 g/mol. The fourth-order valence-electron chi connectivity index (χ4n) is 2.45. The number of nitrogens with one attached hydrogen (secondary N) is 6. The summed E-state index contributed by atoms with van der Waals surface area (Å²) in [5.41, 5.74) is 20.9. The van der Waals surface area contributed by atoms with Gasteiger partial charge in [-0.2, -0.15) is 0 Å². The van der Waals surface area contributed by atoms with Crippen LogP contribution in [0, 0.1) is 10.8 Å². The third-order valence-corrected chi connectivity index (χ3v) is 3.98. The number of primary amides is 1. The summed E-state index contributed by atoms with van der Waals surface area (Å²) < 4.78 is 0. The van der Waals surface area contributed by atoms with Gasteiger partial charge in [-0.1, -0.05) is 0 Å². The van der Waals surface area contributed by atoms with Crippen molar-refractivity contribution in [3.8, 4) is 0 Å². The first-order valence-electron chi connectivity index (χ1n) is 9.47. The molecule has 0 aliphatic heterocycles. The molecule has 15 heteroatoms. The maximum absolute atomic E-state index is 12.6. The van der Waals surface area contributed by atoms with Crippen LogP contribution in [0.15, 0.2) is 0 Å². The van der Waals surface area contributed by atoms with Crippen molar-refractivity contribution in [2.75, 3.05) is 13.1 Å². The van der Waals surface area contributed by atoms with Crippen molar-refractivity contribution < 1.29 is 24.3 Å². The fraction of sp³-hybridized carbons (Fsp3) is 0.625. The number of carboxylic acid groups (broad SMARTS) is 1. The first-order chi connectivity index (χ1) is 14.4. The van der Waals surface area contributed by atoms with Crippen LogP contribution in [0.5, 0.6) is 0 Å². The van der Waals surface area contributed by atoms with E-state index in [1.165, 1.54) is 0 Å². The van der Waals surface area contributed by atoms with Gasteiger partial charge in [0.25, 0.3) is 0 Å². The maximum Gasteiger partial charge on any atom is 0.326 e. The normalized spacial score (nSPS) is 13.2. The molecule has 0 radical (unpaired) electrons. The van der Waals surface area contributed by atoms with E-state index in [1.807, 2.05) is 0 Å². The second-order valence-corrected chi connectivity index (χ2v) is 6.70. The SMILES string of the molecule is N=C(N)NCCC[C@H](NC(=O)[C@H](CCCNC(=N)N)NC(=O)[C@@H](N)CC(N)=O)C(=O)O. The zero-order valence-electron chi connectivity index (χ0n) is 17.1. The highest BCUT2D eigenvalue weighted by Gasteiger charge is 2.28. The van der Waals surface area contributed by atoms with Gasteiger partial charge in [0.2, 0.25) is 17.7 Å². The van der Waals surface area contributed by atoms with Crippen LogP contribution in [0.3, 0.4) is 0 Å². The van der Waals surface area contributed by atoms with Gasteiger partial charge in [-0.05, 0) is 25.7 Å². The molecule has 15 N–H and O–H groups in total. The molecule has 3 atom stereocenters. The van der Waals surface area contributed by atoms with Crippen LogP contribution in [-0.4, -0.2) is 71.9 Å². The molecule has 0 fully saturated rings. The molecule has 0 heterocycles. The molecule has 0 aromatic rings. The second kappa shape index (κ2) is 14.4. The predicted molar refractivity (Wildman–Crippen MR) is 112 cm³/mol. The zero-order valence-corrected chi connectivity index (χ0v) is 17.1. The van der Waals surface area contributed by atoms with Crippen LogP contribution in [0.1, 0.15) is 32.1 Å². The van der Waals surface area contributed by atoms with E-state index < -0.39 is 48.2 Å². The van der Waals surface area contributed by atoms with Gasteiger partial charge in [0, 0.05) is 13.1 Å². The molecule has 0 saturated carbocycles. The molecule has 15 nitrogen and oxygen atoms in total. The van der Waals surface area contributed by atoms with Gasteiger partial charge in [0.05, 0.1) is 12.5 Å². The number of hydrogen-bond donors (Lipinski definition) is 11. The third-order valence-electron chi connectivity index (χ3n) is 3.98. The number of hydrogen-bond acceptors (Lipinski definition) is 7. The Kier molecular flexibility index (Phi) is 12.7. The van der Waals surface area contributed by atoms with Gasteiger partial charge >= 0.3 is 5.97 Å². The minimum atomic E-state index is -1.27. The van der Waals surface area contributed by atoms with Crippen molar-refractivity contribution in [1.82, 2.24) is 21.3 Å². The zero-order chi connectivity index (χ0) is 24.0. The Morgan fingerprint density at radius 1 is 0.806 bits per heavy atom. The lowest BCUT2D eigenvalue weighted by atomic mass is 10.1. The van der Waals surface area contributed by atoms with E-state index in [1.54, 1.807) is 0 Å². The molecule has 176 valence electrons. The van der Waals surface area contributed by atoms with Crippen LogP contribution in [-0.2, 0) is 19.2 Å². The Balaban J connectivity index is 5.05. The molecule has 0 aliphatic carbocycles. The van der Waals surface area contributed by atoms with E-state index >= 15 is 0 Å². The number of carboxylic acids is 1. The number of carbonyl (C=O) groups is 4.